The minimum Gasteiger partial charge on any atom is -0.476 e. The van der Waals surface area contributed by atoms with Crippen LogP contribution in [-0.2, 0) is 16.0 Å². The molecule has 1 unspecified atom stereocenters. The quantitative estimate of drug-likeness (QED) is 0.534. The lowest BCUT2D eigenvalue weighted by Gasteiger charge is -2.22. The Morgan fingerprint density at radius 2 is 2.20 bits per heavy atom. The van der Waals surface area contributed by atoms with Crippen molar-refractivity contribution in [3.8, 4) is 0 Å². The molecule has 9 heteroatoms. The average Bonchev–Trinajstić information content (AvgIpc) is 2.97. The summed E-state index contributed by atoms with van der Waals surface area (Å²) in [5, 5.41) is 25.2. The van der Waals surface area contributed by atoms with E-state index in [1.54, 1.807) is 0 Å². The van der Waals surface area contributed by atoms with E-state index in [2.05, 4.69) is 5.10 Å². The first kappa shape index (κ1) is 19.3. The number of hydrogen-bond acceptors (Lipinski definition) is 6. The second-order valence-corrected chi connectivity index (χ2v) is 6.05. The summed E-state index contributed by atoms with van der Waals surface area (Å²) in [6, 6.07) is 0. The van der Waals surface area contributed by atoms with E-state index in [0.717, 1.165) is 19.3 Å². The second kappa shape index (κ2) is 8.91. The summed E-state index contributed by atoms with van der Waals surface area (Å²) in [5.74, 6) is -1.51. The molecular weight excluding hydrogens is 330 g/mol. The number of ether oxygens (including phenoxy) is 2. The molecule has 140 valence electrons. The standard InChI is InChI=1S/C16H25N3O6/c1-3-11(4-2)13-14(19(22)23)15(16(20)21)18(17-13)8-10-25-12-7-5-6-9-24-12/h11-12H,3-10H2,1-2H3,(H,20,21). The van der Waals surface area contributed by atoms with Crippen LogP contribution in [0.3, 0.4) is 0 Å². The Balaban J connectivity index is 2.21. The van der Waals surface area contributed by atoms with Crippen molar-refractivity contribution in [3.05, 3.63) is 21.5 Å². The number of nitrogens with zero attached hydrogens (tertiary/aromatic N) is 3. The van der Waals surface area contributed by atoms with E-state index in [-0.39, 0.29) is 36.7 Å². The van der Waals surface area contributed by atoms with Crippen molar-refractivity contribution < 1.29 is 24.3 Å². The maximum atomic E-state index is 11.6. The van der Waals surface area contributed by atoms with Gasteiger partial charge in [-0.3, -0.25) is 10.1 Å². The number of aromatic carboxylic acids is 1. The monoisotopic (exact) mass is 355 g/mol. The molecule has 0 aromatic carbocycles. The van der Waals surface area contributed by atoms with E-state index in [0.29, 0.717) is 19.4 Å². The zero-order valence-corrected chi connectivity index (χ0v) is 14.6. The van der Waals surface area contributed by atoms with Gasteiger partial charge in [0, 0.05) is 12.5 Å². The molecule has 1 aliphatic rings. The molecule has 1 aliphatic heterocycles. The van der Waals surface area contributed by atoms with Crippen LogP contribution >= 0.6 is 0 Å². The number of carboxylic acid groups (broad SMARTS) is 1. The molecule has 0 bridgehead atoms. The molecule has 2 heterocycles. The lowest BCUT2D eigenvalue weighted by Crippen LogP contribution is -2.24. The van der Waals surface area contributed by atoms with Crippen molar-refractivity contribution in [2.45, 2.75) is 64.7 Å². The smallest absolute Gasteiger partial charge is 0.361 e. The lowest BCUT2D eigenvalue weighted by atomic mass is 9.98. The van der Waals surface area contributed by atoms with Crippen molar-refractivity contribution in [2.75, 3.05) is 13.2 Å². The van der Waals surface area contributed by atoms with Crippen LogP contribution in [0.1, 0.15) is 68.1 Å². The summed E-state index contributed by atoms with van der Waals surface area (Å²) in [6.45, 7) is 4.77. The van der Waals surface area contributed by atoms with E-state index in [1.807, 2.05) is 13.8 Å². The van der Waals surface area contributed by atoms with Crippen LogP contribution in [-0.4, -0.2) is 45.3 Å². The highest BCUT2D eigenvalue weighted by Crippen LogP contribution is 2.33. The van der Waals surface area contributed by atoms with Gasteiger partial charge in [0.15, 0.2) is 6.29 Å². The predicted octanol–water partition coefficient (Wildman–Crippen LogP) is 2.94. The van der Waals surface area contributed by atoms with Gasteiger partial charge in [0.2, 0.25) is 5.69 Å². The summed E-state index contributed by atoms with van der Waals surface area (Å²) in [6.07, 6.45) is 3.83. The minimum atomic E-state index is -1.36. The molecule has 2 rings (SSSR count). The summed E-state index contributed by atoms with van der Waals surface area (Å²) in [4.78, 5) is 22.4. The molecule has 0 radical (unpaired) electrons. The van der Waals surface area contributed by atoms with Crippen LogP contribution in [0, 0.1) is 10.1 Å². The van der Waals surface area contributed by atoms with Crippen molar-refractivity contribution >= 4 is 11.7 Å². The number of carbonyl (C=O) groups is 1. The average molecular weight is 355 g/mol. The number of hydrogen-bond donors (Lipinski definition) is 1. The van der Waals surface area contributed by atoms with Gasteiger partial charge in [0.1, 0.15) is 5.69 Å². The summed E-state index contributed by atoms with van der Waals surface area (Å²) in [7, 11) is 0. The van der Waals surface area contributed by atoms with Gasteiger partial charge >= 0.3 is 11.7 Å². The normalized spacial score (nSPS) is 17.8. The number of carboxylic acids is 1. The highest BCUT2D eigenvalue weighted by Gasteiger charge is 2.35. The Morgan fingerprint density at radius 3 is 2.72 bits per heavy atom. The van der Waals surface area contributed by atoms with E-state index >= 15 is 0 Å². The molecule has 0 amide bonds. The van der Waals surface area contributed by atoms with Crippen molar-refractivity contribution in [3.63, 3.8) is 0 Å². The van der Waals surface area contributed by atoms with Crippen molar-refractivity contribution in [1.29, 1.82) is 0 Å². The largest absolute Gasteiger partial charge is 0.476 e. The van der Waals surface area contributed by atoms with Gasteiger partial charge in [0.05, 0.1) is 18.1 Å². The van der Waals surface area contributed by atoms with E-state index in [4.69, 9.17) is 9.47 Å². The van der Waals surface area contributed by atoms with Crippen LogP contribution in [0.2, 0.25) is 0 Å². The van der Waals surface area contributed by atoms with Crippen LogP contribution in [0.15, 0.2) is 0 Å². The third-order valence-corrected chi connectivity index (χ3v) is 4.46. The van der Waals surface area contributed by atoms with Crippen molar-refractivity contribution in [1.82, 2.24) is 9.78 Å². The first-order valence-corrected chi connectivity index (χ1v) is 8.71. The SMILES string of the molecule is CCC(CC)c1nn(CCOC2CCCCO2)c(C(=O)O)c1[N+](=O)[O-]. The Kier molecular flexibility index (Phi) is 6.89. The Morgan fingerprint density at radius 1 is 1.48 bits per heavy atom. The van der Waals surface area contributed by atoms with Crippen LogP contribution in [0.5, 0.6) is 0 Å². The van der Waals surface area contributed by atoms with Gasteiger partial charge in [0.25, 0.3) is 0 Å². The van der Waals surface area contributed by atoms with Gasteiger partial charge in [-0.05, 0) is 32.1 Å². The van der Waals surface area contributed by atoms with Gasteiger partial charge < -0.3 is 14.6 Å². The van der Waals surface area contributed by atoms with Crippen LogP contribution in [0.4, 0.5) is 5.69 Å². The summed E-state index contributed by atoms with van der Waals surface area (Å²) >= 11 is 0. The topological polar surface area (TPSA) is 117 Å². The van der Waals surface area contributed by atoms with Crippen LogP contribution < -0.4 is 0 Å². The molecular formula is C16H25N3O6. The number of aromatic nitrogens is 2. The van der Waals surface area contributed by atoms with Gasteiger partial charge in [-0.2, -0.15) is 5.10 Å². The Labute approximate surface area is 146 Å². The molecule has 1 saturated heterocycles. The molecule has 1 atom stereocenters. The van der Waals surface area contributed by atoms with Crippen molar-refractivity contribution in [2.24, 2.45) is 0 Å². The predicted molar refractivity (Wildman–Crippen MR) is 88.7 cm³/mol. The van der Waals surface area contributed by atoms with E-state index in [1.165, 1.54) is 4.68 Å². The lowest BCUT2D eigenvalue weighted by molar-refractivity contribution is -0.386. The fraction of sp³-hybridized carbons (Fsp3) is 0.750. The van der Waals surface area contributed by atoms with E-state index in [9.17, 15) is 20.0 Å². The molecule has 1 aromatic heterocycles. The van der Waals surface area contributed by atoms with Crippen LogP contribution in [0.25, 0.3) is 0 Å². The molecule has 1 aromatic rings. The molecule has 25 heavy (non-hydrogen) atoms. The fourth-order valence-electron chi connectivity index (χ4n) is 3.09. The maximum Gasteiger partial charge on any atom is 0.361 e. The highest BCUT2D eigenvalue weighted by molar-refractivity contribution is 5.91. The molecule has 0 spiro atoms. The second-order valence-electron chi connectivity index (χ2n) is 6.05. The third-order valence-electron chi connectivity index (χ3n) is 4.46. The van der Waals surface area contributed by atoms with Gasteiger partial charge in [-0.25, -0.2) is 9.48 Å². The zero-order chi connectivity index (χ0) is 18.4. The van der Waals surface area contributed by atoms with E-state index < -0.39 is 16.6 Å². The minimum absolute atomic E-state index is 0.127. The Bertz CT molecular complexity index is 605. The summed E-state index contributed by atoms with van der Waals surface area (Å²) in [5.41, 5.74) is -0.559. The number of rotatable bonds is 9. The summed E-state index contributed by atoms with van der Waals surface area (Å²) < 4.78 is 12.2. The first-order chi connectivity index (χ1) is 12.0. The fourth-order valence-corrected chi connectivity index (χ4v) is 3.09. The van der Waals surface area contributed by atoms with Gasteiger partial charge in [-0.1, -0.05) is 13.8 Å². The molecule has 0 saturated carbocycles. The first-order valence-electron chi connectivity index (χ1n) is 8.71. The zero-order valence-electron chi connectivity index (χ0n) is 14.6. The third kappa shape index (κ3) is 4.55. The molecule has 0 aliphatic carbocycles. The Hall–Kier alpha value is -2.00. The number of nitro groups is 1. The van der Waals surface area contributed by atoms with Gasteiger partial charge in [-0.15, -0.1) is 0 Å². The molecule has 9 nitrogen and oxygen atoms in total. The highest BCUT2D eigenvalue weighted by atomic mass is 16.7. The molecule has 1 N–H and O–H groups in total. The maximum absolute atomic E-state index is 11.6. The molecule has 1 fully saturated rings.